The van der Waals surface area contributed by atoms with Gasteiger partial charge in [-0.25, -0.2) is 4.98 Å². The number of anilines is 1. The molecule has 0 unspecified atom stereocenters. The number of amides is 1. The summed E-state index contributed by atoms with van der Waals surface area (Å²) in [5.41, 5.74) is 2.11. The molecule has 2 aromatic heterocycles. The molecule has 2 heterocycles. The fraction of sp³-hybridized carbons (Fsp3) is 0.0417. The molecule has 1 N–H and O–H groups in total. The smallest absolute Gasteiger partial charge is 0.258 e. The Morgan fingerprint density at radius 1 is 0.968 bits per heavy atom. The van der Waals surface area contributed by atoms with Gasteiger partial charge in [0.25, 0.3) is 11.5 Å². The van der Waals surface area contributed by atoms with Crippen LogP contribution < -0.4 is 10.9 Å². The largest absolute Gasteiger partial charge is 0.322 e. The summed E-state index contributed by atoms with van der Waals surface area (Å²) in [6.45, 7) is 0.477. The van der Waals surface area contributed by atoms with Crippen LogP contribution in [-0.4, -0.2) is 15.5 Å². The summed E-state index contributed by atoms with van der Waals surface area (Å²) in [7, 11) is 0. The number of aromatic nitrogens is 2. The van der Waals surface area contributed by atoms with Gasteiger partial charge in [0.1, 0.15) is 5.03 Å². The number of rotatable bonds is 6. The van der Waals surface area contributed by atoms with Crippen molar-refractivity contribution in [3.8, 4) is 0 Å². The molecular formula is C24H18BrN3O2S. The Kier molecular flexibility index (Phi) is 6.64. The van der Waals surface area contributed by atoms with E-state index in [0.29, 0.717) is 22.8 Å². The third-order valence-corrected chi connectivity index (χ3v) is 6.06. The summed E-state index contributed by atoms with van der Waals surface area (Å²) in [6.07, 6.45) is 3.43. The average Bonchev–Trinajstić information content (AvgIpc) is 2.78. The van der Waals surface area contributed by atoms with Crippen LogP contribution in [0.15, 0.2) is 110 Å². The minimum atomic E-state index is -0.222. The lowest BCUT2D eigenvalue weighted by atomic mass is 10.2. The van der Waals surface area contributed by atoms with Crippen LogP contribution >= 0.6 is 27.7 Å². The number of pyridine rings is 2. The second kappa shape index (κ2) is 9.76. The van der Waals surface area contributed by atoms with Gasteiger partial charge >= 0.3 is 0 Å². The van der Waals surface area contributed by atoms with Gasteiger partial charge in [-0.2, -0.15) is 0 Å². The Balaban J connectivity index is 1.46. The van der Waals surface area contributed by atoms with E-state index in [1.807, 2.05) is 54.6 Å². The van der Waals surface area contributed by atoms with Gasteiger partial charge in [-0.15, -0.1) is 0 Å². The van der Waals surface area contributed by atoms with Gasteiger partial charge < -0.3 is 9.88 Å². The van der Waals surface area contributed by atoms with Crippen LogP contribution in [0.5, 0.6) is 0 Å². The van der Waals surface area contributed by atoms with Gasteiger partial charge in [-0.3, -0.25) is 9.59 Å². The third kappa shape index (κ3) is 5.51. The summed E-state index contributed by atoms with van der Waals surface area (Å²) >= 11 is 4.87. The maximum atomic E-state index is 12.9. The molecule has 5 nitrogen and oxygen atoms in total. The zero-order valence-electron chi connectivity index (χ0n) is 16.4. The van der Waals surface area contributed by atoms with E-state index < -0.39 is 0 Å². The van der Waals surface area contributed by atoms with E-state index in [0.717, 1.165) is 14.9 Å². The summed E-state index contributed by atoms with van der Waals surface area (Å²) in [5.74, 6) is -0.222. The lowest BCUT2D eigenvalue weighted by Crippen LogP contribution is -2.18. The van der Waals surface area contributed by atoms with Crippen molar-refractivity contribution in [3.05, 3.63) is 117 Å². The number of hydrogen-bond donors (Lipinski definition) is 1. The summed E-state index contributed by atoms with van der Waals surface area (Å²) in [4.78, 5) is 30.1. The quantitative estimate of drug-likeness (QED) is 0.389. The normalized spacial score (nSPS) is 10.6. The van der Waals surface area contributed by atoms with Crippen molar-refractivity contribution in [2.24, 2.45) is 0 Å². The lowest BCUT2D eigenvalue weighted by molar-refractivity contribution is 0.102. The fourth-order valence-corrected chi connectivity index (χ4v) is 4.08. The highest BCUT2D eigenvalue weighted by Crippen LogP contribution is 2.30. The number of nitrogens with one attached hydrogen (secondary N) is 1. The fourth-order valence-electron chi connectivity index (χ4n) is 2.94. The molecule has 4 rings (SSSR count). The predicted octanol–water partition coefficient (Wildman–Crippen LogP) is 5.46. The molecule has 0 fully saturated rings. The number of carbonyl (C=O) groups is 1. The number of hydrogen-bond acceptors (Lipinski definition) is 4. The van der Waals surface area contributed by atoms with Gasteiger partial charge in [0.05, 0.1) is 12.1 Å². The minimum absolute atomic E-state index is 0.0488. The molecule has 0 saturated heterocycles. The van der Waals surface area contributed by atoms with Crippen LogP contribution in [0.25, 0.3) is 0 Å². The van der Waals surface area contributed by atoms with E-state index >= 15 is 0 Å². The van der Waals surface area contributed by atoms with E-state index in [1.54, 1.807) is 35.2 Å². The number of nitrogens with zero attached hydrogens (tertiary/aromatic N) is 2. The first-order valence-electron chi connectivity index (χ1n) is 9.53. The van der Waals surface area contributed by atoms with Crippen LogP contribution in [0.1, 0.15) is 15.9 Å². The number of carbonyl (C=O) groups excluding carboxylic acids is 1. The molecule has 0 spiro atoms. The van der Waals surface area contributed by atoms with Crippen LogP contribution in [-0.2, 0) is 6.54 Å². The van der Waals surface area contributed by atoms with Gasteiger partial charge in [0.2, 0.25) is 0 Å². The third-order valence-electron chi connectivity index (χ3n) is 4.51. The first-order valence-corrected chi connectivity index (χ1v) is 11.1. The van der Waals surface area contributed by atoms with Crippen molar-refractivity contribution in [1.82, 2.24) is 9.55 Å². The average molecular weight is 492 g/mol. The first kappa shape index (κ1) is 21.1. The van der Waals surface area contributed by atoms with Crippen molar-refractivity contribution in [1.29, 1.82) is 0 Å². The van der Waals surface area contributed by atoms with Crippen molar-refractivity contribution in [2.45, 2.75) is 16.5 Å². The molecular weight excluding hydrogens is 474 g/mol. The molecule has 7 heteroatoms. The van der Waals surface area contributed by atoms with Gasteiger partial charge in [-0.1, -0.05) is 45.9 Å². The van der Waals surface area contributed by atoms with Crippen molar-refractivity contribution in [3.63, 3.8) is 0 Å². The standard InChI is InChI=1S/C24H18BrN3O2S/c25-18-8-12-20(13-9-18)31-24-21(4-3-14-26-24)23(30)27-19-10-6-17(7-11-19)16-28-15-2-1-5-22(28)29/h1-15H,16H2,(H,27,30). The lowest BCUT2D eigenvalue weighted by Gasteiger charge is -2.10. The molecule has 2 aromatic carbocycles. The van der Waals surface area contributed by atoms with E-state index in [1.165, 1.54) is 17.8 Å². The van der Waals surface area contributed by atoms with Crippen molar-refractivity contribution in [2.75, 3.05) is 5.32 Å². The highest BCUT2D eigenvalue weighted by Gasteiger charge is 2.14. The number of halogens is 1. The second-order valence-corrected chi connectivity index (χ2v) is 8.71. The Hall–Kier alpha value is -3.16. The molecule has 0 aliphatic rings. The van der Waals surface area contributed by atoms with Crippen LogP contribution in [0.4, 0.5) is 5.69 Å². The van der Waals surface area contributed by atoms with Crippen molar-refractivity contribution >= 4 is 39.3 Å². The molecule has 0 aliphatic heterocycles. The van der Waals surface area contributed by atoms with E-state index in [4.69, 9.17) is 0 Å². The molecule has 31 heavy (non-hydrogen) atoms. The van der Waals surface area contributed by atoms with Gasteiger partial charge in [0.15, 0.2) is 0 Å². The Morgan fingerprint density at radius 2 is 1.74 bits per heavy atom. The monoisotopic (exact) mass is 491 g/mol. The zero-order valence-corrected chi connectivity index (χ0v) is 18.8. The second-order valence-electron chi connectivity index (χ2n) is 6.73. The maximum Gasteiger partial charge on any atom is 0.258 e. The SMILES string of the molecule is O=C(Nc1ccc(Cn2ccccc2=O)cc1)c1cccnc1Sc1ccc(Br)cc1. The zero-order chi connectivity index (χ0) is 21.6. The molecule has 0 aliphatic carbocycles. The molecule has 154 valence electrons. The molecule has 0 radical (unpaired) electrons. The van der Waals surface area contributed by atoms with Crippen LogP contribution in [0.2, 0.25) is 0 Å². The highest BCUT2D eigenvalue weighted by atomic mass is 79.9. The van der Waals surface area contributed by atoms with E-state index in [9.17, 15) is 9.59 Å². The highest BCUT2D eigenvalue weighted by molar-refractivity contribution is 9.10. The molecule has 4 aromatic rings. The molecule has 0 atom stereocenters. The van der Waals surface area contributed by atoms with Crippen LogP contribution in [0.3, 0.4) is 0 Å². The predicted molar refractivity (Wildman–Crippen MR) is 127 cm³/mol. The van der Waals surface area contributed by atoms with E-state index in [2.05, 4.69) is 26.2 Å². The number of benzene rings is 2. The summed E-state index contributed by atoms with van der Waals surface area (Å²) in [6, 6.07) is 23.9. The summed E-state index contributed by atoms with van der Waals surface area (Å²) < 4.78 is 2.63. The Bertz CT molecular complexity index is 1250. The minimum Gasteiger partial charge on any atom is -0.322 e. The van der Waals surface area contributed by atoms with Crippen LogP contribution in [0, 0.1) is 0 Å². The molecule has 1 amide bonds. The Morgan fingerprint density at radius 3 is 2.48 bits per heavy atom. The van der Waals surface area contributed by atoms with Crippen molar-refractivity contribution < 1.29 is 4.79 Å². The maximum absolute atomic E-state index is 12.9. The Labute approximate surface area is 192 Å². The molecule has 0 bridgehead atoms. The van der Waals surface area contributed by atoms with Gasteiger partial charge in [-0.05, 0) is 60.2 Å². The molecule has 0 saturated carbocycles. The van der Waals surface area contributed by atoms with Gasteiger partial charge in [0, 0.05) is 33.5 Å². The summed E-state index contributed by atoms with van der Waals surface area (Å²) in [5, 5.41) is 3.57. The first-order chi connectivity index (χ1) is 15.1. The topological polar surface area (TPSA) is 64.0 Å². The van der Waals surface area contributed by atoms with E-state index in [-0.39, 0.29) is 11.5 Å².